The number of primary amides is 1. The lowest BCUT2D eigenvalue weighted by Crippen LogP contribution is -2.37. The van der Waals surface area contributed by atoms with E-state index in [2.05, 4.69) is 18.8 Å². The van der Waals surface area contributed by atoms with Gasteiger partial charge in [-0.3, -0.25) is 4.79 Å². The minimum Gasteiger partial charge on any atom is -0.368 e. The molecule has 1 amide bonds. The van der Waals surface area contributed by atoms with E-state index in [1.165, 1.54) is 0 Å². The summed E-state index contributed by atoms with van der Waals surface area (Å²) in [6, 6.07) is -0.805. The molecule has 0 fully saturated rings. The number of carbonyl (C=O) groups is 1. The van der Waals surface area contributed by atoms with Gasteiger partial charge < -0.3 is 17.2 Å². The summed E-state index contributed by atoms with van der Waals surface area (Å²) in [5.41, 5.74) is 16.1. The van der Waals surface area contributed by atoms with Crippen molar-refractivity contribution in [3.05, 3.63) is 0 Å². The van der Waals surface area contributed by atoms with E-state index in [1.807, 2.05) is 0 Å². The first kappa shape index (κ1) is 12.9. The van der Waals surface area contributed by atoms with Gasteiger partial charge in [-0.2, -0.15) is 0 Å². The summed E-state index contributed by atoms with van der Waals surface area (Å²) in [4.78, 5) is 10.6. The summed E-state index contributed by atoms with van der Waals surface area (Å²) >= 11 is 0. The molecule has 4 heteroatoms. The van der Waals surface area contributed by atoms with E-state index < -0.39 is 11.9 Å². The maximum absolute atomic E-state index is 10.6. The van der Waals surface area contributed by atoms with Gasteiger partial charge in [-0.1, -0.05) is 12.8 Å². The largest absolute Gasteiger partial charge is 0.368 e. The molecule has 0 spiro atoms. The van der Waals surface area contributed by atoms with Crippen LogP contribution in [-0.4, -0.2) is 18.0 Å². The topological polar surface area (TPSA) is 95.1 Å². The highest BCUT2D eigenvalue weighted by Crippen LogP contribution is 1.97. The number of amides is 1. The van der Waals surface area contributed by atoms with Crippen molar-refractivity contribution in [1.29, 1.82) is 0 Å². The van der Waals surface area contributed by atoms with Crippen molar-refractivity contribution >= 4 is 5.91 Å². The van der Waals surface area contributed by atoms with E-state index in [1.54, 1.807) is 0 Å². The number of unbranched alkanes of at least 4 members (excludes halogenated alkanes) is 1. The number of nitrogens with two attached hydrogens (primary N) is 3. The zero-order valence-electron chi connectivity index (χ0n) is 8.62. The molecule has 0 aromatic rings. The van der Waals surface area contributed by atoms with Crippen LogP contribution in [0.15, 0.2) is 0 Å². The van der Waals surface area contributed by atoms with Gasteiger partial charge in [-0.05, 0) is 19.3 Å². The standard InChI is InChI=1S/C10H19N3O/c1-2-3-4-5-8(11)6-7-9(12)10(13)14/h8-9H,2-3,6-7,11-12H2,1H3,(H2,13,14). The van der Waals surface area contributed by atoms with Crippen LogP contribution in [0.25, 0.3) is 0 Å². The Morgan fingerprint density at radius 2 is 2.00 bits per heavy atom. The highest BCUT2D eigenvalue weighted by molar-refractivity contribution is 5.79. The van der Waals surface area contributed by atoms with Crippen molar-refractivity contribution in [1.82, 2.24) is 0 Å². The number of hydrogen-bond acceptors (Lipinski definition) is 3. The third-order valence-electron chi connectivity index (χ3n) is 1.82. The lowest BCUT2D eigenvalue weighted by atomic mass is 10.1. The molecule has 2 atom stereocenters. The zero-order chi connectivity index (χ0) is 11.0. The molecule has 0 radical (unpaired) electrons. The first-order chi connectivity index (χ1) is 6.57. The number of carbonyl (C=O) groups excluding carboxylic acids is 1. The predicted molar refractivity (Wildman–Crippen MR) is 57.1 cm³/mol. The number of hydrogen-bond donors (Lipinski definition) is 3. The molecule has 80 valence electrons. The maximum Gasteiger partial charge on any atom is 0.234 e. The van der Waals surface area contributed by atoms with Gasteiger partial charge in [-0.25, -0.2) is 0 Å². The third kappa shape index (κ3) is 6.46. The molecule has 0 rings (SSSR count). The average Bonchev–Trinajstić information content (AvgIpc) is 2.14. The van der Waals surface area contributed by atoms with Crippen molar-refractivity contribution in [3.63, 3.8) is 0 Å². The highest BCUT2D eigenvalue weighted by atomic mass is 16.1. The molecule has 6 N–H and O–H groups in total. The summed E-state index contributed by atoms with van der Waals surface area (Å²) < 4.78 is 0. The van der Waals surface area contributed by atoms with E-state index in [9.17, 15) is 4.79 Å². The van der Waals surface area contributed by atoms with Crippen molar-refractivity contribution in [2.75, 3.05) is 0 Å². The van der Waals surface area contributed by atoms with Gasteiger partial charge in [0, 0.05) is 6.42 Å². The maximum atomic E-state index is 10.6. The monoisotopic (exact) mass is 197 g/mol. The molecule has 0 aromatic carbocycles. The summed E-state index contributed by atoms with van der Waals surface area (Å²) in [7, 11) is 0. The molecular weight excluding hydrogens is 178 g/mol. The Balaban J connectivity index is 3.69. The van der Waals surface area contributed by atoms with Gasteiger partial charge in [0.05, 0.1) is 12.1 Å². The van der Waals surface area contributed by atoms with E-state index in [0.29, 0.717) is 12.8 Å². The van der Waals surface area contributed by atoms with Gasteiger partial charge in [0.25, 0.3) is 0 Å². The average molecular weight is 197 g/mol. The third-order valence-corrected chi connectivity index (χ3v) is 1.82. The van der Waals surface area contributed by atoms with Gasteiger partial charge in [-0.15, -0.1) is 5.92 Å². The van der Waals surface area contributed by atoms with Crippen LogP contribution < -0.4 is 17.2 Å². The Morgan fingerprint density at radius 3 is 2.50 bits per heavy atom. The van der Waals surface area contributed by atoms with Gasteiger partial charge in [0.15, 0.2) is 0 Å². The Morgan fingerprint density at radius 1 is 1.36 bits per heavy atom. The van der Waals surface area contributed by atoms with E-state index >= 15 is 0 Å². The van der Waals surface area contributed by atoms with Crippen molar-refractivity contribution in [2.45, 2.75) is 44.7 Å². The predicted octanol–water partition coefficient (Wildman–Crippen LogP) is -0.290. The second-order valence-corrected chi connectivity index (χ2v) is 3.26. The smallest absolute Gasteiger partial charge is 0.234 e. The Hall–Kier alpha value is -1.05. The highest BCUT2D eigenvalue weighted by Gasteiger charge is 2.09. The van der Waals surface area contributed by atoms with Crippen LogP contribution >= 0.6 is 0 Å². The molecule has 2 unspecified atom stereocenters. The Bertz CT molecular complexity index is 229. The van der Waals surface area contributed by atoms with Gasteiger partial charge in [0.1, 0.15) is 0 Å². The van der Waals surface area contributed by atoms with E-state index in [4.69, 9.17) is 17.2 Å². The van der Waals surface area contributed by atoms with Crippen LogP contribution in [0.2, 0.25) is 0 Å². The molecule has 0 aliphatic heterocycles. The summed E-state index contributed by atoms with van der Waals surface area (Å²) in [6.07, 6.45) is 2.99. The molecule has 0 saturated heterocycles. The summed E-state index contributed by atoms with van der Waals surface area (Å²) in [6.45, 7) is 2.06. The fourth-order valence-corrected chi connectivity index (χ4v) is 0.902. The van der Waals surface area contributed by atoms with E-state index in [-0.39, 0.29) is 6.04 Å². The van der Waals surface area contributed by atoms with Crippen LogP contribution in [0.1, 0.15) is 32.6 Å². The van der Waals surface area contributed by atoms with Crippen molar-refractivity contribution < 1.29 is 4.79 Å². The first-order valence-corrected chi connectivity index (χ1v) is 4.86. The van der Waals surface area contributed by atoms with Gasteiger partial charge >= 0.3 is 0 Å². The van der Waals surface area contributed by atoms with Crippen LogP contribution in [0.5, 0.6) is 0 Å². The second kappa shape index (κ2) is 7.36. The molecule has 14 heavy (non-hydrogen) atoms. The van der Waals surface area contributed by atoms with Crippen LogP contribution in [0.3, 0.4) is 0 Å². The summed E-state index contributed by atoms with van der Waals surface area (Å²) in [5, 5.41) is 0. The van der Waals surface area contributed by atoms with Crippen LogP contribution in [-0.2, 0) is 4.79 Å². The van der Waals surface area contributed by atoms with Gasteiger partial charge in [0.2, 0.25) is 5.91 Å². The molecule has 0 bridgehead atoms. The normalized spacial score (nSPS) is 13.9. The second-order valence-electron chi connectivity index (χ2n) is 3.26. The van der Waals surface area contributed by atoms with Crippen molar-refractivity contribution in [2.24, 2.45) is 17.2 Å². The molecule has 0 heterocycles. The first-order valence-electron chi connectivity index (χ1n) is 4.86. The van der Waals surface area contributed by atoms with E-state index in [0.717, 1.165) is 12.8 Å². The molecule has 4 nitrogen and oxygen atoms in total. The minimum atomic E-state index is -0.603. The Labute approximate surface area is 85.2 Å². The zero-order valence-corrected chi connectivity index (χ0v) is 8.62. The molecular formula is C10H19N3O. The molecule has 0 aliphatic rings. The summed E-state index contributed by atoms with van der Waals surface area (Å²) in [5.74, 6) is 5.37. The molecule has 0 saturated carbocycles. The van der Waals surface area contributed by atoms with Crippen LogP contribution in [0, 0.1) is 11.8 Å². The quantitative estimate of drug-likeness (QED) is 0.528. The SMILES string of the molecule is CCCC#CC(N)CCC(N)C(N)=O. The van der Waals surface area contributed by atoms with Crippen LogP contribution in [0.4, 0.5) is 0 Å². The molecule has 0 aromatic heterocycles. The molecule has 0 aliphatic carbocycles. The lowest BCUT2D eigenvalue weighted by molar-refractivity contribution is -0.119. The fraction of sp³-hybridized carbons (Fsp3) is 0.700. The lowest BCUT2D eigenvalue weighted by Gasteiger charge is -2.08. The number of rotatable bonds is 5. The minimum absolute atomic E-state index is 0.202. The van der Waals surface area contributed by atoms with Crippen molar-refractivity contribution in [3.8, 4) is 11.8 Å². The Kier molecular flexibility index (Phi) is 6.81. The fourth-order valence-electron chi connectivity index (χ4n) is 0.902.